The van der Waals surface area contributed by atoms with E-state index in [1.807, 2.05) is 60.7 Å². The summed E-state index contributed by atoms with van der Waals surface area (Å²) < 4.78 is 5.87. The van der Waals surface area contributed by atoms with Crippen molar-refractivity contribution in [3.63, 3.8) is 0 Å². The van der Waals surface area contributed by atoms with Crippen LogP contribution >= 0.6 is 11.6 Å². The van der Waals surface area contributed by atoms with Gasteiger partial charge in [-0.1, -0.05) is 23.7 Å². The Morgan fingerprint density at radius 2 is 1.80 bits per heavy atom. The molecule has 2 aromatic carbocycles. The number of benzene rings is 2. The number of amides is 1. The highest BCUT2D eigenvalue weighted by Crippen LogP contribution is 2.29. The number of nitrogens with one attached hydrogen (secondary N) is 1. The third-order valence-electron chi connectivity index (χ3n) is 3.99. The first-order valence-corrected chi connectivity index (χ1v) is 8.34. The molecule has 0 aliphatic carbocycles. The number of rotatable bonds is 5. The van der Waals surface area contributed by atoms with Crippen molar-refractivity contribution in [2.75, 3.05) is 17.3 Å². The number of halogens is 1. The summed E-state index contributed by atoms with van der Waals surface area (Å²) in [6, 6.07) is 19.1. The monoisotopic (exact) mass is 354 g/mol. The van der Waals surface area contributed by atoms with Crippen LogP contribution in [-0.2, 0) is 11.3 Å². The first-order chi connectivity index (χ1) is 12.0. The van der Waals surface area contributed by atoms with Crippen LogP contribution in [0.2, 0.25) is 5.02 Å². The van der Waals surface area contributed by atoms with E-state index < -0.39 is 0 Å². The molecule has 5 heteroatoms. The molecule has 1 aromatic heterocycles. The number of hydrogen-bond donors (Lipinski definition) is 1. The van der Waals surface area contributed by atoms with Gasteiger partial charge in [0.05, 0.1) is 11.6 Å². The molecule has 0 bridgehead atoms. The van der Waals surface area contributed by atoms with Gasteiger partial charge < -0.3 is 14.6 Å². The van der Waals surface area contributed by atoms with Gasteiger partial charge in [0.1, 0.15) is 11.5 Å². The molecule has 0 radical (unpaired) electrons. The molecular weight excluding hydrogens is 336 g/mol. The molecule has 0 aliphatic rings. The summed E-state index contributed by atoms with van der Waals surface area (Å²) >= 11 is 6.20. The molecule has 3 aromatic rings. The molecule has 3 rings (SSSR count). The van der Waals surface area contributed by atoms with Gasteiger partial charge in [0.2, 0.25) is 5.91 Å². The first-order valence-electron chi connectivity index (χ1n) is 7.96. The van der Waals surface area contributed by atoms with Gasteiger partial charge in [0, 0.05) is 30.9 Å². The largest absolute Gasteiger partial charge is 0.459 e. The number of furan rings is 1. The second kappa shape index (κ2) is 7.45. The highest BCUT2D eigenvalue weighted by Gasteiger charge is 2.08. The second-order valence-electron chi connectivity index (χ2n) is 5.72. The van der Waals surface area contributed by atoms with E-state index in [0.29, 0.717) is 11.6 Å². The topological polar surface area (TPSA) is 45.5 Å². The Balaban J connectivity index is 1.65. The molecule has 1 heterocycles. The standard InChI is InChI=1S/C20H19ClN2O2/c1-14(24)23(2)16-9-7-15(8-10-16)22-13-17-11-12-20(25-17)18-5-3-4-6-19(18)21/h3-12,22H,13H2,1-2H3. The van der Waals surface area contributed by atoms with Gasteiger partial charge in [0.15, 0.2) is 0 Å². The Bertz CT molecular complexity index is 871. The van der Waals surface area contributed by atoms with Crippen molar-refractivity contribution in [3.8, 4) is 11.3 Å². The Kier molecular flexibility index (Phi) is 5.10. The molecule has 0 fully saturated rings. The van der Waals surface area contributed by atoms with Crippen LogP contribution in [0.1, 0.15) is 12.7 Å². The fraction of sp³-hybridized carbons (Fsp3) is 0.150. The van der Waals surface area contributed by atoms with E-state index in [0.717, 1.165) is 28.5 Å². The summed E-state index contributed by atoms with van der Waals surface area (Å²) in [5.74, 6) is 1.57. The fourth-order valence-corrected chi connectivity index (χ4v) is 2.68. The van der Waals surface area contributed by atoms with Crippen molar-refractivity contribution in [1.29, 1.82) is 0 Å². The third-order valence-corrected chi connectivity index (χ3v) is 4.32. The minimum absolute atomic E-state index is 0.00315. The molecule has 1 N–H and O–H groups in total. The Hall–Kier alpha value is -2.72. The predicted octanol–water partition coefficient (Wildman–Crippen LogP) is 5.19. The molecule has 25 heavy (non-hydrogen) atoms. The van der Waals surface area contributed by atoms with Crippen LogP contribution in [0.25, 0.3) is 11.3 Å². The average molecular weight is 355 g/mol. The van der Waals surface area contributed by atoms with E-state index in [1.165, 1.54) is 0 Å². The van der Waals surface area contributed by atoms with E-state index >= 15 is 0 Å². The maximum atomic E-state index is 11.4. The maximum Gasteiger partial charge on any atom is 0.223 e. The summed E-state index contributed by atoms with van der Waals surface area (Å²) in [5.41, 5.74) is 2.69. The molecule has 0 saturated heterocycles. The van der Waals surface area contributed by atoms with Crippen molar-refractivity contribution in [3.05, 3.63) is 71.4 Å². The van der Waals surface area contributed by atoms with Gasteiger partial charge in [-0.05, 0) is 48.5 Å². The van der Waals surface area contributed by atoms with Gasteiger partial charge in [-0.3, -0.25) is 4.79 Å². The Morgan fingerprint density at radius 1 is 1.08 bits per heavy atom. The number of carbonyl (C=O) groups is 1. The Labute approximate surface area is 152 Å². The molecule has 128 valence electrons. The third kappa shape index (κ3) is 4.03. The Morgan fingerprint density at radius 3 is 2.48 bits per heavy atom. The highest BCUT2D eigenvalue weighted by molar-refractivity contribution is 6.33. The first kappa shape index (κ1) is 17.1. The highest BCUT2D eigenvalue weighted by atomic mass is 35.5. The molecule has 0 aliphatic heterocycles. The van der Waals surface area contributed by atoms with Gasteiger partial charge in [-0.15, -0.1) is 0 Å². The number of nitrogens with zero attached hydrogens (tertiary/aromatic N) is 1. The predicted molar refractivity (Wildman–Crippen MR) is 102 cm³/mol. The maximum absolute atomic E-state index is 11.4. The van der Waals surface area contributed by atoms with Gasteiger partial charge in [-0.2, -0.15) is 0 Å². The van der Waals surface area contributed by atoms with Crippen LogP contribution in [-0.4, -0.2) is 13.0 Å². The quantitative estimate of drug-likeness (QED) is 0.685. The summed E-state index contributed by atoms with van der Waals surface area (Å²) in [7, 11) is 1.75. The van der Waals surface area contributed by atoms with Crippen molar-refractivity contribution in [1.82, 2.24) is 0 Å². The van der Waals surface area contributed by atoms with Crippen LogP contribution in [0.5, 0.6) is 0 Å². The van der Waals surface area contributed by atoms with E-state index in [4.69, 9.17) is 16.0 Å². The molecule has 4 nitrogen and oxygen atoms in total. The van der Waals surface area contributed by atoms with Crippen molar-refractivity contribution < 1.29 is 9.21 Å². The van der Waals surface area contributed by atoms with Crippen LogP contribution in [0.3, 0.4) is 0 Å². The number of hydrogen-bond acceptors (Lipinski definition) is 3. The minimum atomic E-state index is 0.00315. The minimum Gasteiger partial charge on any atom is -0.459 e. The summed E-state index contributed by atoms with van der Waals surface area (Å²) in [5, 5.41) is 3.97. The zero-order valence-electron chi connectivity index (χ0n) is 14.1. The lowest BCUT2D eigenvalue weighted by molar-refractivity contribution is -0.116. The lowest BCUT2D eigenvalue weighted by Crippen LogP contribution is -2.22. The summed E-state index contributed by atoms with van der Waals surface area (Å²) in [6.45, 7) is 2.10. The normalized spacial score (nSPS) is 10.5. The zero-order valence-corrected chi connectivity index (χ0v) is 14.9. The summed E-state index contributed by atoms with van der Waals surface area (Å²) in [4.78, 5) is 13.0. The van der Waals surface area contributed by atoms with Gasteiger partial charge >= 0.3 is 0 Å². The number of carbonyl (C=O) groups excluding carboxylic acids is 1. The number of anilines is 2. The van der Waals surface area contributed by atoms with E-state index in [1.54, 1.807) is 18.9 Å². The van der Waals surface area contributed by atoms with E-state index in [2.05, 4.69) is 5.32 Å². The molecular formula is C20H19ClN2O2. The lowest BCUT2D eigenvalue weighted by atomic mass is 10.2. The lowest BCUT2D eigenvalue weighted by Gasteiger charge is -2.15. The molecule has 0 saturated carbocycles. The molecule has 0 unspecified atom stereocenters. The van der Waals surface area contributed by atoms with Crippen LogP contribution in [0, 0.1) is 0 Å². The SMILES string of the molecule is CC(=O)N(C)c1ccc(NCc2ccc(-c3ccccc3Cl)o2)cc1. The van der Waals surface area contributed by atoms with Crippen LogP contribution < -0.4 is 10.2 Å². The zero-order chi connectivity index (χ0) is 17.8. The molecule has 0 spiro atoms. The van der Waals surface area contributed by atoms with Gasteiger partial charge in [0.25, 0.3) is 0 Å². The molecule has 0 atom stereocenters. The second-order valence-corrected chi connectivity index (χ2v) is 6.13. The smallest absolute Gasteiger partial charge is 0.223 e. The average Bonchev–Trinajstić information content (AvgIpc) is 3.09. The van der Waals surface area contributed by atoms with Crippen molar-refractivity contribution in [2.45, 2.75) is 13.5 Å². The van der Waals surface area contributed by atoms with Gasteiger partial charge in [-0.25, -0.2) is 0 Å². The van der Waals surface area contributed by atoms with Crippen molar-refractivity contribution in [2.24, 2.45) is 0 Å². The van der Waals surface area contributed by atoms with Crippen molar-refractivity contribution >= 4 is 28.9 Å². The van der Waals surface area contributed by atoms with E-state index in [9.17, 15) is 4.79 Å². The fourth-order valence-electron chi connectivity index (χ4n) is 2.45. The van der Waals surface area contributed by atoms with Crippen LogP contribution in [0.4, 0.5) is 11.4 Å². The molecule has 1 amide bonds. The van der Waals surface area contributed by atoms with Crippen LogP contribution in [0.15, 0.2) is 65.1 Å². The summed E-state index contributed by atoms with van der Waals surface area (Å²) in [6.07, 6.45) is 0. The van der Waals surface area contributed by atoms with E-state index in [-0.39, 0.29) is 5.91 Å².